The number of aryl methyl sites for hydroxylation is 2. The second kappa shape index (κ2) is 12.3. The van der Waals surface area contributed by atoms with E-state index < -0.39 is 5.41 Å². The van der Waals surface area contributed by atoms with Gasteiger partial charge in [0, 0.05) is 43.2 Å². The van der Waals surface area contributed by atoms with E-state index in [1.807, 2.05) is 36.4 Å². The van der Waals surface area contributed by atoms with Crippen LogP contribution in [0.3, 0.4) is 0 Å². The zero-order valence-electron chi connectivity index (χ0n) is 27.1. The minimum atomic E-state index is -0.844. The van der Waals surface area contributed by atoms with E-state index in [4.69, 9.17) is 5.10 Å². The van der Waals surface area contributed by atoms with Crippen LogP contribution in [0, 0.1) is 17.2 Å². The van der Waals surface area contributed by atoms with Crippen LogP contribution in [0.5, 0.6) is 0 Å². The normalized spacial score (nSPS) is 21.3. The number of likely N-dealkylation sites (tertiary alicyclic amines) is 1. The minimum absolute atomic E-state index is 0.0497. The van der Waals surface area contributed by atoms with Crippen LogP contribution >= 0.6 is 0 Å². The number of amides is 3. The summed E-state index contributed by atoms with van der Waals surface area (Å²) >= 11 is 0. The highest BCUT2D eigenvalue weighted by molar-refractivity contribution is 5.95. The van der Waals surface area contributed by atoms with Gasteiger partial charge in [-0.1, -0.05) is 26.0 Å². The van der Waals surface area contributed by atoms with Crippen molar-refractivity contribution in [2.45, 2.75) is 82.3 Å². The topological polar surface area (TPSA) is 156 Å². The van der Waals surface area contributed by atoms with Gasteiger partial charge in [-0.25, -0.2) is 0 Å². The standard InChI is InChI=1S/C35H42N8O3/c1-19(2)31-40-34(42-41-31)35(16-20(3)39-18-30(44)43-26(17-36)14-25-15-29(25)43)27-10-8-23(32(45)37-4)12-21(27)6-7-22-13-24(33(46)38-5)9-11-28(22)35/h8-13,19-20,25-26,29,39H,6-7,14-16,18H2,1-5H3,(H,37,45)(H,38,46)(H,40,41,42)/t20-,25-,26+,29+/m1/s1. The SMILES string of the molecule is CNC(=O)c1ccc2c(c1)CCc1cc(C(=O)NC)ccc1C2(C[C@@H](C)NCC(=O)N1[C@H](C#N)C[C@@H]2C[C@@H]21)c1nnc(C(C)C)[nH]1. The summed E-state index contributed by atoms with van der Waals surface area (Å²) in [5.74, 6) is 1.62. The number of aromatic amines is 1. The number of nitriles is 1. The third-order valence-electron chi connectivity index (χ3n) is 9.98. The van der Waals surface area contributed by atoms with Crippen molar-refractivity contribution in [3.05, 3.63) is 81.4 Å². The molecule has 1 saturated heterocycles. The van der Waals surface area contributed by atoms with E-state index in [2.05, 4.69) is 52.9 Å². The fraction of sp³-hybridized carbons (Fsp3) is 0.486. The number of hydrogen-bond donors (Lipinski definition) is 4. The first-order chi connectivity index (χ1) is 22.1. The zero-order valence-corrected chi connectivity index (χ0v) is 27.1. The van der Waals surface area contributed by atoms with Crippen molar-refractivity contribution in [3.63, 3.8) is 0 Å². The number of hydrogen-bond acceptors (Lipinski definition) is 7. The molecule has 2 aliphatic carbocycles. The summed E-state index contributed by atoms with van der Waals surface area (Å²) in [6, 6.07) is 13.6. The molecule has 0 spiro atoms. The molecule has 1 aromatic heterocycles. The molecule has 2 aromatic carbocycles. The average molecular weight is 623 g/mol. The number of piperidine rings is 1. The number of fused-ring (bicyclic) bond motifs is 3. The molecule has 11 nitrogen and oxygen atoms in total. The Morgan fingerprint density at radius 1 is 0.978 bits per heavy atom. The fourth-order valence-corrected chi connectivity index (χ4v) is 7.53. The quantitative estimate of drug-likeness (QED) is 0.286. The number of carbonyl (C=O) groups is 3. The van der Waals surface area contributed by atoms with Crippen molar-refractivity contribution in [1.29, 1.82) is 5.26 Å². The average Bonchev–Trinajstić information content (AvgIpc) is 3.49. The lowest BCUT2D eigenvalue weighted by Gasteiger charge is -2.37. The molecule has 0 unspecified atom stereocenters. The monoisotopic (exact) mass is 622 g/mol. The molecule has 1 saturated carbocycles. The van der Waals surface area contributed by atoms with Gasteiger partial charge in [-0.3, -0.25) is 14.4 Å². The second-order valence-electron chi connectivity index (χ2n) is 13.3. The highest BCUT2D eigenvalue weighted by Crippen LogP contribution is 2.48. The third-order valence-corrected chi connectivity index (χ3v) is 9.98. The molecule has 3 aromatic rings. The molecule has 3 aliphatic rings. The van der Waals surface area contributed by atoms with Crippen molar-refractivity contribution in [2.24, 2.45) is 5.92 Å². The maximum absolute atomic E-state index is 13.4. The van der Waals surface area contributed by atoms with Crippen molar-refractivity contribution in [3.8, 4) is 6.07 Å². The molecule has 0 radical (unpaired) electrons. The molecule has 2 fully saturated rings. The van der Waals surface area contributed by atoms with E-state index >= 15 is 0 Å². The zero-order chi connectivity index (χ0) is 32.7. The van der Waals surface area contributed by atoms with Gasteiger partial charge >= 0.3 is 0 Å². The Morgan fingerprint density at radius 2 is 1.59 bits per heavy atom. The van der Waals surface area contributed by atoms with Gasteiger partial charge < -0.3 is 25.8 Å². The Kier molecular flexibility index (Phi) is 8.42. The number of carbonyl (C=O) groups excluding carboxylic acids is 3. The molecule has 1 aliphatic heterocycles. The predicted octanol–water partition coefficient (Wildman–Crippen LogP) is 2.96. The van der Waals surface area contributed by atoms with Crippen LogP contribution in [0.4, 0.5) is 0 Å². The maximum Gasteiger partial charge on any atom is 0.251 e. The molecule has 4 atom stereocenters. The van der Waals surface area contributed by atoms with Crippen LogP contribution in [0.15, 0.2) is 36.4 Å². The largest absolute Gasteiger partial charge is 0.355 e. The summed E-state index contributed by atoms with van der Waals surface area (Å²) in [7, 11) is 3.24. The molecule has 3 amide bonds. The van der Waals surface area contributed by atoms with E-state index in [1.165, 1.54) is 0 Å². The van der Waals surface area contributed by atoms with Gasteiger partial charge in [0.1, 0.15) is 17.7 Å². The Labute approximate surface area is 269 Å². The smallest absolute Gasteiger partial charge is 0.251 e. The molecular weight excluding hydrogens is 580 g/mol. The molecule has 11 heteroatoms. The van der Waals surface area contributed by atoms with Crippen LogP contribution in [0.2, 0.25) is 0 Å². The lowest BCUT2D eigenvalue weighted by atomic mass is 9.67. The Morgan fingerprint density at radius 3 is 2.11 bits per heavy atom. The molecule has 0 bridgehead atoms. The molecule has 240 valence electrons. The Hall–Kier alpha value is -4.56. The molecular formula is C35H42N8O3. The number of benzene rings is 2. The summed E-state index contributed by atoms with van der Waals surface area (Å²) in [5, 5.41) is 27.9. The molecule has 46 heavy (non-hydrogen) atoms. The fourth-order valence-electron chi connectivity index (χ4n) is 7.53. The number of nitrogens with one attached hydrogen (secondary N) is 4. The van der Waals surface area contributed by atoms with E-state index in [1.54, 1.807) is 19.0 Å². The van der Waals surface area contributed by atoms with Crippen molar-refractivity contribution >= 4 is 17.7 Å². The van der Waals surface area contributed by atoms with Gasteiger partial charge in [-0.2, -0.15) is 5.26 Å². The van der Waals surface area contributed by atoms with Crippen LogP contribution < -0.4 is 16.0 Å². The van der Waals surface area contributed by atoms with Crippen LogP contribution in [0.25, 0.3) is 0 Å². The van der Waals surface area contributed by atoms with Gasteiger partial charge in [0.2, 0.25) is 5.91 Å². The van der Waals surface area contributed by atoms with Crippen molar-refractivity contribution < 1.29 is 14.4 Å². The number of rotatable bonds is 9. The highest BCUT2D eigenvalue weighted by atomic mass is 16.2. The summed E-state index contributed by atoms with van der Waals surface area (Å²) in [6.07, 6.45) is 3.57. The first-order valence-electron chi connectivity index (χ1n) is 16.2. The van der Waals surface area contributed by atoms with E-state index in [9.17, 15) is 19.6 Å². The van der Waals surface area contributed by atoms with Gasteiger partial charge in [0.25, 0.3) is 11.8 Å². The highest BCUT2D eigenvalue weighted by Gasteiger charge is 2.54. The molecule has 2 heterocycles. The van der Waals surface area contributed by atoms with Crippen molar-refractivity contribution in [2.75, 3.05) is 20.6 Å². The minimum Gasteiger partial charge on any atom is -0.355 e. The van der Waals surface area contributed by atoms with E-state index in [-0.39, 0.29) is 48.3 Å². The Balaban J connectivity index is 1.45. The van der Waals surface area contributed by atoms with Crippen LogP contribution in [-0.2, 0) is 23.1 Å². The summed E-state index contributed by atoms with van der Waals surface area (Å²) in [5.41, 5.74) is 4.33. The van der Waals surface area contributed by atoms with Gasteiger partial charge in [-0.15, -0.1) is 10.2 Å². The number of nitrogens with zero attached hydrogens (tertiary/aromatic N) is 4. The van der Waals surface area contributed by atoms with Crippen molar-refractivity contribution in [1.82, 2.24) is 36.0 Å². The predicted molar refractivity (Wildman–Crippen MR) is 172 cm³/mol. The van der Waals surface area contributed by atoms with Gasteiger partial charge in [-0.05, 0) is 91.5 Å². The number of H-pyrrole nitrogens is 1. The summed E-state index contributed by atoms with van der Waals surface area (Å²) < 4.78 is 0. The van der Waals surface area contributed by atoms with E-state index in [0.29, 0.717) is 42.1 Å². The summed E-state index contributed by atoms with van der Waals surface area (Å²) in [6.45, 7) is 6.30. The molecule has 4 N–H and O–H groups in total. The maximum atomic E-state index is 13.4. The summed E-state index contributed by atoms with van der Waals surface area (Å²) in [4.78, 5) is 44.2. The van der Waals surface area contributed by atoms with Gasteiger partial charge in [0.15, 0.2) is 0 Å². The lowest BCUT2D eigenvalue weighted by Crippen LogP contribution is -2.46. The van der Waals surface area contributed by atoms with Gasteiger partial charge in [0.05, 0.1) is 18.0 Å². The number of aromatic nitrogens is 3. The Bertz CT molecular complexity index is 1650. The van der Waals surface area contributed by atoms with Crippen LogP contribution in [0.1, 0.15) is 101 Å². The first-order valence-corrected chi connectivity index (χ1v) is 16.2. The lowest BCUT2D eigenvalue weighted by molar-refractivity contribution is -0.131. The van der Waals surface area contributed by atoms with Crippen LogP contribution in [-0.4, -0.2) is 76.6 Å². The first kappa shape index (κ1) is 31.4. The third kappa shape index (κ3) is 5.45. The molecule has 6 rings (SSSR count). The van der Waals surface area contributed by atoms with E-state index in [0.717, 1.165) is 40.9 Å². The second-order valence-corrected chi connectivity index (χ2v) is 13.3.